The van der Waals surface area contributed by atoms with Gasteiger partial charge in [0, 0.05) is 18.7 Å². The van der Waals surface area contributed by atoms with Crippen LogP contribution in [0.4, 0.5) is 0 Å². The molecule has 0 atom stereocenters. The van der Waals surface area contributed by atoms with Crippen molar-refractivity contribution in [1.82, 2.24) is 25.0 Å². The van der Waals surface area contributed by atoms with Crippen LogP contribution in [-0.4, -0.2) is 38.7 Å². The predicted octanol–water partition coefficient (Wildman–Crippen LogP) is 5.50. The van der Waals surface area contributed by atoms with E-state index in [2.05, 4.69) is 56.8 Å². The van der Waals surface area contributed by atoms with Crippen molar-refractivity contribution in [2.45, 2.75) is 39.4 Å². The lowest BCUT2D eigenvalue weighted by atomic mass is 9.98. The molecule has 0 saturated carbocycles. The molecule has 1 aliphatic rings. The summed E-state index contributed by atoms with van der Waals surface area (Å²) in [6.45, 7) is 5.97. The lowest BCUT2D eigenvalue weighted by Crippen LogP contribution is -2.27. The average Bonchev–Trinajstić information content (AvgIpc) is 3.53. The Morgan fingerprint density at radius 2 is 1.78 bits per heavy atom. The van der Waals surface area contributed by atoms with Crippen molar-refractivity contribution < 1.29 is 4.79 Å². The fraction of sp³-hybridized carbons (Fsp3) is 0.276. The van der Waals surface area contributed by atoms with Crippen molar-refractivity contribution in [2.24, 2.45) is 0 Å². The summed E-state index contributed by atoms with van der Waals surface area (Å²) in [7, 11) is 0. The lowest BCUT2D eigenvalue weighted by molar-refractivity contribution is -0.121. The standard InChI is InChI=1S/C29H31N5OS/c1-21-7-6-9-24(17-21)28-31-32-29(36)34(28)20-27(35)30-18-25-8-2-3-10-26(25)23-13-11-22(12-14-23)19-33-15-4-5-16-33/h2-3,6-14,17H,4-5,15-16,18-20H2,1H3,(H,30,35)(H,32,36). The molecule has 7 heteroatoms. The number of likely N-dealkylation sites (tertiary alicyclic amines) is 1. The van der Waals surface area contributed by atoms with Crippen LogP contribution < -0.4 is 5.32 Å². The summed E-state index contributed by atoms with van der Waals surface area (Å²) in [6, 6.07) is 25.0. The number of rotatable bonds is 8. The molecule has 5 rings (SSSR count). The molecule has 1 aromatic heterocycles. The molecule has 2 heterocycles. The van der Waals surface area contributed by atoms with E-state index >= 15 is 0 Å². The maximum Gasteiger partial charge on any atom is 0.240 e. The number of nitrogens with zero attached hydrogens (tertiary/aromatic N) is 3. The highest BCUT2D eigenvalue weighted by molar-refractivity contribution is 7.71. The minimum Gasteiger partial charge on any atom is -0.350 e. The third-order valence-corrected chi connectivity index (χ3v) is 7.01. The number of benzene rings is 3. The summed E-state index contributed by atoms with van der Waals surface area (Å²) in [5, 5.41) is 10.2. The van der Waals surface area contributed by atoms with Crippen LogP contribution in [0.15, 0.2) is 72.8 Å². The molecule has 1 aliphatic heterocycles. The summed E-state index contributed by atoms with van der Waals surface area (Å²) in [6.07, 6.45) is 2.61. The van der Waals surface area contributed by atoms with E-state index in [-0.39, 0.29) is 12.5 Å². The first-order valence-corrected chi connectivity index (χ1v) is 12.9. The SMILES string of the molecule is Cc1cccc(-c2n[nH]c(=S)n2CC(=O)NCc2ccccc2-c2ccc(CN3CCCC3)cc2)c1. The molecule has 1 fully saturated rings. The molecule has 184 valence electrons. The number of aromatic nitrogens is 3. The van der Waals surface area contributed by atoms with Gasteiger partial charge in [0.1, 0.15) is 6.54 Å². The van der Waals surface area contributed by atoms with Gasteiger partial charge < -0.3 is 5.32 Å². The van der Waals surface area contributed by atoms with Crippen molar-refractivity contribution in [1.29, 1.82) is 0 Å². The zero-order chi connectivity index (χ0) is 24.9. The number of carbonyl (C=O) groups excluding carboxylic acids is 1. The highest BCUT2D eigenvalue weighted by atomic mass is 32.1. The molecule has 1 amide bonds. The molecule has 0 aliphatic carbocycles. The number of hydrogen-bond donors (Lipinski definition) is 2. The normalized spacial score (nSPS) is 13.7. The van der Waals surface area contributed by atoms with E-state index in [0.29, 0.717) is 17.1 Å². The molecular formula is C29H31N5OS. The Labute approximate surface area is 217 Å². The largest absolute Gasteiger partial charge is 0.350 e. The maximum atomic E-state index is 12.9. The number of aryl methyl sites for hydroxylation is 1. The van der Waals surface area contributed by atoms with E-state index in [9.17, 15) is 4.79 Å². The second kappa shape index (κ2) is 11.0. The number of nitrogens with one attached hydrogen (secondary N) is 2. The van der Waals surface area contributed by atoms with E-state index in [0.717, 1.165) is 34.4 Å². The Hall–Kier alpha value is -3.55. The number of H-pyrrole nitrogens is 1. The number of carbonyl (C=O) groups is 1. The molecular weight excluding hydrogens is 466 g/mol. The van der Waals surface area contributed by atoms with Gasteiger partial charge in [-0.3, -0.25) is 19.4 Å². The van der Waals surface area contributed by atoms with Crippen LogP contribution in [0.25, 0.3) is 22.5 Å². The second-order valence-corrected chi connectivity index (χ2v) is 9.81. The Morgan fingerprint density at radius 3 is 2.56 bits per heavy atom. The maximum absolute atomic E-state index is 12.9. The first-order chi connectivity index (χ1) is 17.6. The molecule has 36 heavy (non-hydrogen) atoms. The third-order valence-electron chi connectivity index (χ3n) is 6.70. The minimum atomic E-state index is -0.114. The first kappa shape index (κ1) is 24.2. The van der Waals surface area contributed by atoms with Crippen molar-refractivity contribution >= 4 is 18.1 Å². The van der Waals surface area contributed by atoms with Gasteiger partial charge in [-0.15, -0.1) is 0 Å². The zero-order valence-corrected chi connectivity index (χ0v) is 21.4. The molecule has 4 aromatic rings. The first-order valence-electron chi connectivity index (χ1n) is 12.5. The van der Waals surface area contributed by atoms with Gasteiger partial charge in [0.15, 0.2) is 10.6 Å². The molecule has 0 spiro atoms. The fourth-order valence-electron chi connectivity index (χ4n) is 4.81. The summed E-state index contributed by atoms with van der Waals surface area (Å²) in [4.78, 5) is 15.4. The van der Waals surface area contributed by atoms with Crippen LogP contribution in [0, 0.1) is 11.7 Å². The number of aromatic amines is 1. The van der Waals surface area contributed by atoms with Gasteiger partial charge in [-0.2, -0.15) is 5.10 Å². The summed E-state index contributed by atoms with van der Waals surface area (Å²) >= 11 is 5.40. The third kappa shape index (κ3) is 5.64. The summed E-state index contributed by atoms with van der Waals surface area (Å²) in [5.41, 5.74) is 6.75. The summed E-state index contributed by atoms with van der Waals surface area (Å²) in [5.74, 6) is 0.547. The molecule has 2 N–H and O–H groups in total. The summed E-state index contributed by atoms with van der Waals surface area (Å²) < 4.78 is 2.17. The van der Waals surface area contributed by atoms with Crippen LogP contribution >= 0.6 is 12.2 Å². The highest BCUT2D eigenvalue weighted by Gasteiger charge is 2.14. The molecule has 3 aromatic carbocycles. The topological polar surface area (TPSA) is 66.0 Å². The Kier molecular flexibility index (Phi) is 7.39. The van der Waals surface area contributed by atoms with Gasteiger partial charge in [0.25, 0.3) is 0 Å². The van der Waals surface area contributed by atoms with Gasteiger partial charge in [0.05, 0.1) is 0 Å². The van der Waals surface area contributed by atoms with Crippen LogP contribution in [0.5, 0.6) is 0 Å². The van der Waals surface area contributed by atoms with E-state index in [1.807, 2.05) is 43.3 Å². The van der Waals surface area contributed by atoms with Crippen LogP contribution in [0.1, 0.15) is 29.5 Å². The van der Waals surface area contributed by atoms with Crippen molar-refractivity contribution in [3.63, 3.8) is 0 Å². The number of hydrogen-bond acceptors (Lipinski definition) is 4. The van der Waals surface area contributed by atoms with Crippen molar-refractivity contribution in [2.75, 3.05) is 13.1 Å². The fourth-order valence-corrected chi connectivity index (χ4v) is 5.00. The van der Waals surface area contributed by atoms with Gasteiger partial charge in [-0.25, -0.2) is 0 Å². The minimum absolute atomic E-state index is 0.103. The van der Waals surface area contributed by atoms with Crippen LogP contribution in [-0.2, 0) is 24.4 Å². The van der Waals surface area contributed by atoms with Gasteiger partial charge in [-0.05, 0) is 73.4 Å². The van der Waals surface area contributed by atoms with Crippen molar-refractivity contribution in [3.8, 4) is 22.5 Å². The number of amides is 1. The molecule has 0 bridgehead atoms. The Balaban J connectivity index is 1.26. The Morgan fingerprint density at radius 1 is 1.00 bits per heavy atom. The second-order valence-electron chi connectivity index (χ2n) is 9.42. The monoisotopic (exact) mass is 497 g/mol. The molecule has 6 nitrogen and oxygen atoms in total. The van der Waals surface area contributed by atoms with E-state index in [1.165, 1.54) is 31.5 Å². The lowest BCUT2D eigenvalue weighted by Gasteiger charge is -2.15. The quantitative estimate of drug-likeness (QED) is 0.316. The Bertz CT molecular complexity index is 1400. The zero-order valence-electron chi connectivity index (χ0n) is 20.5. The van der Waals surface area contributed by atoms with Crippen LogP contribution in [0.3, 0.4) is 0 Å². The molecule has 0 radical (unpaired) electrons. The molecule has 1 saturated heterocycles. The van der Waals surface area contributed by atoms with Crippen molar-refractivity contribution in [3.05, 3.63) is 94.3 Å². The van der Waals surface area contributed by atoms with Gasteiger partial charge in [0.2, 0.25) is 5.91 Å². The van der Waals surface area contributed by atoms with E-state index in [1.54, 1.807) is 4.57 Å². The van der Waals surface area contributed by atoms with Crippen LogP contribution in [0.2, 0.25) is 0 Å². The highest BCUT2D eigenvalue weighted by Crippen LogP contribution is 2.25. The average molecular weight is 498 g/mol. The smallest absolute Gasteiger partial charge is 0.240 e. The van der Waals surface area contributed by atoms with Gasteiger partial charge in [-0.1, -0.05) is 72.3 Å². The van der Waals surface area contributed by atoms with E-state index in [4.69, 9.17) is 12.2 Å². The van der Waals surface area contributed by atoms with Gasteiger partial charge >= 0.3 is 0 Å². The molecule has 0 unspecified atom stereocenters. The van der Waals surface area contributed by atoms with E-state index < -0.39 is 0 Å². The predicted molar refractivity (Wildman–Crippen MR) is 146 cm³/mol.